The monoisotopic (exact) mass is 484 g/mol. The fourth-order valence-electron chi connectivity index (χ4n) is 3.00. The minimum absolute atomic E-state index is 0.249. The average molecular weight is 485 g/mol. The number of hydrogen-bond donors (Lipinski definition) is 4. The van der Waals surface area contributed by atoms with Crippen molar-refractivity contribution in [2.24, 2.45) is 0 Å². The normalized spacial score (nSPS) is 10.1. The Hall–Kier alpha value is -4.08. The van der Waals surface area contributed by atoms with Crippen LogP contribution < -0.4 is 31.2 Å². The highest BCUT2D eigenvalue weighted by Crippen LogP contribution is 2.13. The van der Waals surface area contributed by atoms with Crippen molar-refractivity contribution in [3.63, 3.8) is 0 Å². The smallest absolute Gasteiger partial charge is 0.329 e. The molecule has 0 saturated heterocycles. The fraction of sp³-hybridized carbons (Fsp3) is 0.360. The number of hydrazine groups is 2. The van der Waals surface area contributed by atoms with Crippen LogP contribution in [-0.2, 0) is 9.59 Å². The molecule has 0 spiro atoms. The molecule has 0 saturated carbocycles. The van der Waals surface area contributed by atoms with Crippen LogP contribution in [0.3, 0.4) is 0 Å². The second kappa shape index (κ2) is 14.9. The van der Waals surface area contributed by atoms with Crippen molar-refractivity contribution in [1.29, 1.82) is 0 Å². The van der Waals surface area contributed by atoms with Gasteiger partial charge in [0.15, 0.2) is 0 Å². The van der Waals surface area contributed by atoms with Gasteiger partial charge in [-0.15, -0.1) is 0 Å². The third kappa shape index (κ3) is 9.75. The first-order valence-electron chi connectivity index (χ1n) is 11.5. The van der Waals surface area contributed by atoms with Gasteiger partial charge in [-0.05, 0) is 55.0 Å². The van der Waals surface area contributed by atoms with Gasteiger partial charge in [0, 0.05) is 11.1 Å². The van der Waals surface area contributed by atoms with Crippen molar-refractivity contribution in [3.05, 3.63) is 59.7 Å². The number of carbonyl (C=O) groups is 4. The van der Waals surface area contributed by atoms with Gasteiger partial charge in [0.1, 0.15) is 11.5 Å². The van der Waals surface area contributed by atoms with E-state index in [1.54, 1.807) is 36.4 Å². The number of amides is 4. The van der Waals surface area contributed by atoms with E-state index in [-0.39, 0.29) is 11.1 Å². The third-order valence-corrected chi connectivity index (χ3v) is 5.02. The van der Waals surface area contributed by atoms with Gasteiger partial charge in [-0.2, -0.15) is 0 Å². The molecule has 0 radical (unpaired) electrons. The molecule has 0 bridgehead atoms. The Morgan fingerprint density at radius 2 is 1.09 bits per heavy atom. The molecule has 2 rings (SSSR count). The average Bonchev–Trinajstić information content (AvgIpc) is 2.89. The fourth-order valence-corrected chi connectivity index (χ4v) is 3.00. The van der Waals surface area contributed by atoms with Crippen molar-refractivity contribution in [3.8, 4) is 11.5 Å². The van der Waals surface area contributed by atoms with E-state index in [0.29, 0.717) is 18.1 Å². The lowest BCUT2D eigenvalue weighted by molar-refractivity contribution is -0.140. The Bertz CT molecular complexity index is 976. The molecule has 0 aliphatic carbocycles. The molecule has 10 nitrogen and oxygen atoms in total. The van der Waals surface area contributed by atoms with E-state index < -0.39 is 23.6 Å². The molecule has 0 heterocycles. The van der Waals surface area contributed by atoms with Crippen LogP contribution in [0.4, 0.5) is 0 Å². The van der Waals surface area contributed by atoms with Gasteiger partial charge in [0.05, 0.1) is 13.7 Å². The van der Waals surface area contributed by atoms with Gasteiger partial charge in [-0.1, -0.05) is 39.0 Å². The zero-order chi connectivity index (χ0) is 25.5. The van der Waals surface area contributed by atoms with Crippen LogP contribution >= 0.6 is 0 Å². The van der Waals surface area contributed by atoms with Gasteiger partial charge >= 0.3 is 11.8 Å². The molecule has 35 heavy (non-hydrogen) atoms. The first kappa shape index (κ1) is 27.2. The maximum Gasteiger partial charge on any atom is 0.329 e. The summed E-state index contributed by atoms with van der Waals surface area (Å²) in [6.45, 7) is 2.79. The Balaban J connectivity index is 1.68. The predicted molar refractivity (Wildman–Crippen MR) is 130 cm³/mol. The Morgan fingerprint density at radius 3 is 1.57 bits per heavy atom. The molecule has 0 atom stereocenters. The number of hydrogen-bond acceptors (Lipinski definition) is 6. The molecule has 4 N–H and O–H groups in total. The summed E-state index contributed by atoms with van der Waals surface area (Å²) in [4.78, 5) is 47.9. The lowest BCUT2D eigenvalue weighted by atomic mass is 10.1. The Labute approximate surface area is 204 Å². The van der Waals surface area contributed by atoms with E-state index in [4.69, 9.17) is 9.47 Å². The molecule has 188 valence electrons. The first-order valence-corrected chi connectivity index (χ1v) is 11.5. The topological polar surface area (TPSA) is 135 Å². The molecule has 0 unspecified atom stereocenters. The molecule has 0 aliphatic rings. The summed E-state index contributed by atoms with van der Waals surface area (Å²) in [5.41, 5.74) is 8.72. The first-order chi connectivity index (χ1) is 16.9. The van der Waals surface area contributed by atoms with Crippen LogP contribution in [-0.4, -0.2) is 37.3 Å². The van der Waals surface area contributed by atoms with Crippen LogP contribution in [0.1, 0.15) is 66.2 Å². The maximum atomic E-state index is 12.2. The second-order valence-corrected chi connectivity index (χ2v) is 7.69. The number of methoxy groups -OCH3 is 1. The van der Waals surface area contributed by atoms with E-state index >= 15 is 0 Å². The van der Waals surface area contributed by atoms with Crippen LogP contribution in [0.2, 0.25) is 0 Å². The number of benzene rings is 2. The lowest BCUT2D eigenvalue weighted by Gasteiger charge is -2.10. The van der Waals surface area contributed by atoms with Crippen molar-refractivity contribution >= 4 is 23.6 Å². The molecule has 0 fully saturated rings. The highest BCUT2D eigenvalue weighted by atomic mass is 16.5. The molecule has 2 aromatic rings. The quantitative estimate of drug-likeness (QED) is 0.220. The predicted octanol–water partition coefficient (Wildman–Crippen LogP) is 2.66. The second-order valence-electron chi connectivity index (χ2n) is 7.69. The largest absolute Gasteiger partial charge is 0.497 e. The van der Waals surface area contributed by atoms with Gasteiger partial charge in [-0.25, -0.2) is 0 Å². The van der Waals surface area contributed by atoms with Gasteiger partial charge < -0.3 is 9.47 Å². The molecule has 4 amide bonds. The zero-order valence-corrected chi connectivity index (χ0v) is 20.0. The minimum atomic E-state index is -1.16. The highest BCUT2D eigenvalue weighted by Gasteiger charge is 2.16. The number of nitrogens with one attached hydrogen (secondary N) is 4. The summed E-state index contributed by atoms with van der Waals surface area (Å²) in [6, 6.07) is 12.6. The standard InChI is InChI=1S/C25H32N4O6/c1-3-4-5-6-7-8-17-35-21-15-11-19(12-16-21)23(31)27-29-25(33)24(32)28-26-22(30)18-9-13-20(34-2)14-10-18/h9-16H,3-8,17H2,1-2H3,(H,26,30)(H,27,31)(H,28,32)(H,29,33). The van der Waals surface area contributed by atoms with Crippen LogP contribution in [0.25, 0.3) is 0 Å². The van der Waals surface area contributed by atoms with Crippen molar-refractivity contribution < 1.29 is 28.7 Å². The number of unbranched alkanes of at least 4 members (excludes halogenated alkanes) is 5. The summed E-state index contributed by atoms with van der Waals surface area (Å²) in [7, 11) is 1.49. The number of ether oxygens (including phenoxy) is 2. The Morgan fingerprint density at radius 1 is 0.629 bits per heavy atom. The summed E-state index contributed by atoms with van der Waals surface area (Å²) in [5, 5.41) is 0. The molecule has 10 heteroatoms. The summed E-state index contributed by atoms with van der Waals surface area (Å²) in [5.74, 6) is -2.35. The van der Waals surface area contributed by atoms with E-state index in [1.165, 1.54) is 44.9 Å². The summed E-state index contributed by atoms with van der Waals surface area (Å²) in [6.07, 6.45) is 7.03. The molecule has 0 aromatic heterocycles. The van der Waals surface area contributed by atoms with Crippen LogP contribution in [0.15, 0.2) is 48.5 Å². The van der Waals surface area contributed by atoms with E-state index in [9.17, 15) is 19.2 Å². The zero-order valence-electron chi connectivity index (χ0n) is 20.0. The van der Waals surface area contributed by atoms with Crippen molar-refractivity contribution in [2.75, 3.05) is 13.7 Å². The lowest BCUT2D eigenvalue weighted by Crippen LogP contribution is -2.52. The number of rotatable bonds is 11. The van der Waals surface area contributed by atoms with Gasteiger partial charge in [0.25, 0.3) is 11.8 Å². The Kier molecular flexibility index (Phi) is 11.6. The molecule has 0 aliphatic heterocycles. The van der Waals surface area contributed by atoms with E-state index in [1.807, 2.05) is 10.9 Å². The number of carbonyl (C=O) groups excluding carboxylic acids is 4. The van der Waals surface area contributed by atoms with E-state index in [2.05, 4.69) is 17.8 Å². The van der Waals surface area contributed by atoms with Crippen LogP contribution in [0.5, 0.6) is 11.5 Å². The molecular weight excluding hydrogens is 452 g/mol. The summed E-state index contributed by atoms with van der Waals surface area (Å²) >= 11 is 0. The van der Waals surface area contributed by atoms with E-state index in [0.717, 1.165) is 12.8 Å². The highest BCUT2D eigenvalue weighted by molar-refractivity contribution is 6.35. The summed E-state index contributed by atoms with van der Waals surface area (Å²) < 4.78 is 10.7. The van der Waals surface area contributed by atoms with Gasteiger partial charge in [0.2, 0.25) is 0 Å². The minimum Gasteiger partial charge on any atom is -0.497 e. The maximum absolute atomic E-state index is 12.2. The van der Waals surface area contributed by atoms with Crippen molar-refractivity contribution in [2.45, 2.75) is 45.4 Å². The van der Waals surface area contributed by atoms with Gasteiger partial charge in [-0.3, -0.25) is 40.9 Å². The van der Waals surface area contributed by atoms with Crippen LogP contribution in [0, 0.1) is 0 Å². The molecule has 2 aromatic carbocycles. The third-order valence-electron chi connectivity index (χ3n) is 5.02. The SMILES string of the molecule is CCCCCCCCOc1ccc(C(=O)NNC(=O)C(=O)NNC(=O)c2ccc(OC)cc2)cc1. The van der Waals surface area contributed by atoms with Crippen molar-refractivity contribution in [1.82, 2.24) is 21.7 Å². The molecular formula is C25H32N4O6.